The van der Waals surface area contributed by atoms with E-state index in [1.54, 1.807) is 56.8 Å². The molecule has 3 aromatic rings. The summed E-state index contributed by atoms with van der Waals surface area (Å²) in [7, 11) is 0. The van der Waals surface area contributed by atoms with E-state index in [4.69, 9.17) is 4.74 Å². The fourth-order valence-corrected chi connectivity index (χ4v) is 4.52. The van der Waals surface area contributed by atoms with E-state index in [9.17, 15) is 14.4 Å². The fourth-order valence-electron chi connectivity index (χ4n) is 3.32. The van der Waals surface area contributed by atoms with Gasteiger partial charge in [-0.25, -0.2) is 9.78 Å². The molecule has 3 rings (SSSR count). The van der Waals surface area contributed by atoms with Crippen LogP contribution in [0.3, 0.4) is 0 Å². The number of anilines is 1. The van der Waals surface area contributed by atoms with Gasteiger partial charge in [0.15, 0.2) is 5.13 Å². The number of benzene rings is 2. The second-order valence-corrected chi connectivity index (χ2v) is 11.1. The van der Waals surface area contributed by atoms with Gasteiger partial charge in [-0.2, -0.15) is 11.8 Å². The van der Waals surface area contributed by atoms with Gasteiger partial charge in [0.2, 0.25) is 5.91 Å². The summed E-state index contributed by atoms with van der Waals surface area (Å²) in [6.07, 6.45) is 1.88. The number of hydrogen-bond donors (Lipinski definition) is 3. The molecule has 0 saturated carbocycles. The van der Waals surface area contributed by atoms with Crippen molar-refractivity contribution < 1.29 is 19.1 Å². The molecule has 3 amide bonds. The molecule has 37 heavy (non-hydrogen) atoms. The van der Waals surface area contributed by atoms with E-state index in [1.807, 2.05) is 42.0 Å². The standard InChI is InChI=1S/C27H32N4O4S2/c1-27(2,3)35-26(34)28-16-18-9-8-12-20(15-18)23(32)29-21(13-14-36-4)24(33)31-25-30-22(17-37-25)19-10-6-5-7-11-19/h5-12,15,17,21H,13-14,16H2,1-4H3,(H,28,34)(H,29,32)(H,30,31,33)/t21-/m0/s1. The van der Waals surface area contributed by atoms with Crippen LogP contribution in [0.5, 0.6) is 0 Å². The molecule has 0 bridgehead atoms. The van der Waals surface area contributed by atoms with Crippen molar-refractivity contribution in [2.24, 2.45) is 0 Å². The highest BCUT2D eigenvalue weighted by Crippen LogP contribution is 2.24. The first-order valence-corrected chi connectivity index (χ1v) is 14.1. The summed E-state index contributed by atoms with van der Waals surface area (Å²) < 4.78 is 5.25. The highest BCUT2D eigenvalue weighted by molar-refractivity contribution is 7.98. The molecule has 0 aliphatic rings. The van der Waals surface area contributed by atoms with Gasteiger partial charge in [-0.05, 0) is 56.9 Å². The number of carbonyl (C=O) groups excluding carboxylic acids is 3. The summed E-state index contributed by atoms with van der Waals surface area (Å²) in [5.41, 5.74) is 2.28. The van der Waals surface area contributed by atoms with Crippen molar-refractivity contribution in [3.05, 3.63) is 71.1 Å². The Morgan fingerprint density at radius 2 is 1.84 bits per heavy atom. The summed E-state index contributed by atoms with van der Waals surface area (Å²) >= 11 is 2.93. The number of nitrogens with zero attached hydrogens (tertiary/aromatic N) is 1. The second-order valence-electron chi connectivity index (χ2n) is 9.26. The number of rotatable bonds is 10. The molecule has 0 unspecified atom stereocenters. The van der Waals surface area contributed by atoms with Gasteiger partial charge in [-0.3, -0.25) is 9.59 Å². The van der Waals surface area contributed by atoms with Crippen LogP contribution in [-0.4, -0.2) is 46.5 Å². The van der Waals surface area contributed by atoms with Crippen molar-refractivity contribution in [2.45, 2.75) is 45.4 Å². The van der Waals surface area contributed by atoms with Crippen molar-refractivity contribution in [1.29, 1.82) is 0 Å². The van der Waals surface area contributed by atoms with Gasteiger partial charge in [0.05, 0.1) is 5.69 Å². The Morgan fingerprint density at radius 3 is 2.54 bits per heavy atom. The maximum Gasteiger partial charge on any atom is 0.407 e. The van der Waals surface area contributed by atoms with Crippen LogP contribution in [0.15, 0.2) is 60.0 Å². The number of thiazole rings is 1. The number of carbonyl (C=O) groups is 3. The maximum absolute atomic E-state index is 13.1. The smallest absolute Gasteiger partial charge is 0.407 e. The molecule has 0 aliphatic heterocycles. The van der Waals surface area contributed by atoms with Gasteiger partial charge in [0.25, 0.3) is 5.91 Å². The number of amides is 3. The molecule has 196 valence electrons. The molecule has 1 heterocycles. The molecule has 3 N–H and O–H groups in total. The van der Waals surface area contributed by atoms with Crippen LogP contribution in [0.4, 0.5) is 9.93 Å². The van der Waals surface area contributed by atoms with E-state index in [0.717, 1.165) is 16.8 Å². The van der Waals surface area contributed by atoms with Crippen molar-refractivity contribution in [3.8, 4) is 11.3 Å². The number of nitrogens with one attached hydrogen (secondary N) is 3. The molecule has 0 aliphatic carbocycles. The number of aromatic nitrogens is 1. The van der Waals surface area contributed by atoms with E-state index in [1.165, 1.54) is 11.3 Å². The zero-order valence-corrected chi connectivity index (χ0v) is 23.0. The first-order chi connectivity index (χ1) is 17.6. The Hall–Kier alpha value is -3.37. The molecule has 2 aromatic carbocycles. The van der Waals surface area contributed by atoms with Crippen molar-refractivity contribution in [3.63, 3.8) is 0 Å². The number of hydrogen-bond acceptors (Lipinski definition) is 7. The second kappa shape index (κ2) is 13.3. The van der Waals surface area contributed by atoms with Crippen molar-refractivity contribution in [2.75, 3.05) is 17.3 Å². The molecule has 0 fully saturated rings. The van der Waals surface area contributed by atoms with Gasteiger partial charge >= 0.3 is 6.09 Å². The lowest BCUT2D eigenvalue weighted by Gasteiger charge is -2.20. The predicted molar refractivity (Wildman–Crippen MR) is 150 cm³/mol. The lowest BCUT2D eigenvalue weighted by atomic mass is 10.1. The van der Waals surface area contributed by atoms with Gasteiger partial charge in [0, 0.05) is 23.1 Å². The third kappa shape index (κ3) is 9.22. The minimum absolute atomic E-state index is 0.209. The first kappa shape index (κ1) is 28.2. The Balaban J connectivity index is 1.63. The van der Waals surface area contributed by atoms with E-state index < -0.39 is 17.7 Å². The molecule has 8 nitrogen and oxygen atoms in total. The summed E-state index contributed by atoms with van der Waals surface area (Å²) in [5, 5.41) is 10.7. The van der Waals surface area contributed by atoms with Crippen LogP contribution >= 0.6 is 23.1 Å². The Kier molecular flexibility index (Phi) is 10.1. The molecular weight excluding hydrogens is 508 g/mol. The Bertz CT molecular complexity index is 1210. The fraction of sp³-hybridized carbons (Fsp3) is 0.333. The van der Waals surface area contributed by atoms with E-state index in [2.05, 4.69) is 20.9 Å². The Labute approximate surface area is 225 Å². The van der Waals surface area contributed by atoms with Gasteiger partial charge < -0.3 is 20.7 Å². The quantitative estimate of drug-likeness (QED) is 0.321. The lowest BCUT2D eigenvalue weighted by molar-refractivity contribution is -0.118. The van der Waals surface area contributed by atoms with Crippen LogP contribution in [-0.2, 0) is 16.1 Å². The summed E-state index contributed by atoms with van der Waals surface area (Å²) in [6, 6.07) is 15.9. The first-order valence-electron chi connectivity index (χ1n) is 11.8. The van der Waals surface area contributed by atoms with E-state index in [-0.39, 0.29) is 18.4 Å². The SMILES string of the molecule is CSCC[C@H](NC(=O)c1cccc(CNC(=O)OC(C)(C)C)c1)C(=O)Nc1nc(-c2ccccc2)cs1. The normalized spacial score (nSPS) is 11.9. The zero-order valence-electron chi connectivity index (χ0n) is 21.4. The highest BCUT2D eigenvalue weighted by Gasteiger charge is 2.23. The van der Waals surface area contributed by atoms with Gasteiger partial charge in [0.1, 0.15) is 11.6 Å². The number of alkyl carbamates (subject to hydrolysis) is 1. The molecule has 10 heteroatoms. The third-order valence-corrected chi connectivity index (χ3v) is 6.46. The van der Waals surface area contributed by atoms with Crippen LogP contribution in [0.2, 0.25) is 0 Å². The largest absolute Gasteiger partial charge is 0.444 e. The van der Waals surface area contributed by atoms with Crippen LogP contribution in [0.1, 0.15) is 43.1 Å². The Morgan fingerprint density at radius 1 is 1.08 bits per heavy atom. The van der Waals surface area contributed by atoms with Crippen LogP contribution in [0, 0.1) is 0 Å². The molecule has 0 saturated heterocycles. The van der Waals surface area contributed by atoms with Gasteiger partial charge in [-0.15, -0.1) is 11.3 Å². The molecule has 1 aromatic heterocycles. The average Bonchev–Trinajstić information content (AvgIpc) is 3.33. The highest BCUT2D eigenvalue weighted by atomic mass is 32.2. The van der Waals surface area contributed by atoms with E-state index in [0.29, 0.717) is 22.9 Å². The van der Waals surface area contributed by atoms with E-state index >= 15 is 0 Å². The monoisotopic (exact) mass is 540 g/mol. The van der Waals surface area contributed by atoms with Crippen LogP contribution < -0.4 is 16.0 Å². The number of ether oxygens (including phenoxy) is 1. The number of thioether (sulfide) groups is 1. The summed E-state index contributed by atoms with van der Waals surface area (Å²) in [5.74, 6) is 0.00863. The molecular formula is C27H32N4O4S2. The molecule has 0 spiro atoms. The van der Waals surface area contributed by atoms with Crippen molar-refractivity contribution in [1.82, 2.24) is 15.6 Å². The summed E-state index contributed by atoms with van der Waals surface area (Å²) in [6.45, 7) is 5.58. The van der Waals surface area contributed by atoms with Gasteiger partial charge in [-0.1, -0.05) is 42.5 Å². The minimum atomic E-state index is -0.729. The topological polar surface area (TPSA) is 109 Å². The average molecular weight is 541 g/mol. The molecule has 1 atom stereocenters. The maximum atomic E-state index is 13.1. The lowest BCUT2D eigenvalue weighted by Crippen LogP contribution is -2.44. The zero-order chi connectivity index (χ0) is 26.8. The molecule has 0 radical (unpaired) electrons. The third-order valence-electron chi connectivity index (χ3n) is 5.06. The van der Waals surface area contributed by atoms with Crippen molar-refractivity contribution >= 4 is 46.1 Å². The van der Waals surface area contributed by atoms with Crippen LogP contribution in [0.25, 0.3) is 11.3 Å². The minimum Gasteiger partial charge on any atom is -0.444 e. The summed E-state index contributed by atoms with van der Waals surface area (Å²) in [4.78, 5) is 42.5. The predicted octanol–water partition coefficient (Wildman–Crippen LogP) is 5.33.